The van der Waals surface area contributed by atoms with Crippen molar-refractivity contribution < 1.29 is 9.59 Å². The molecule has 0 atom stereocenters. The molecule has 1 aromatic carbocycles. The van der Waals surface area contributed by atoms with Gasteiger partial charge < -0.3 is 20.9 Å². The van der Waals surface area contributed by atoms with Crippen LogP contribution in [0, 0.1) is 0 Å². The molecule has 0 fully saturated rings. The lowest BCUT2D eigenvalue weighted by Crippen LogP contribution is -2.40. The molecular formula is C18H22ClN5O2. The van der Waals surface area contributed by atoms with Crippen molar-refractivity contribution >= 4 is 29.4 Å². The van der Waals surface area contributed by atoms with Crippen molar-refractivity contribution in [2.45, 2.75) is 6.54 Å². The summed E-state index contributed by atoms with van der Waals surface area (Å²) < 4.78 is 0. The van der Waals surface area contributed by atoms with Crippen LogP contribution in [-0.4, -0.2) is 44.1 Å². The molecule has 7 nitrogen and oxygen atoms in total. The van der Waals surface area contributed by atoms with E-state index in [0.29, 0.717) is 30.2 Å². The minimum atomic E-state index is -0.305. The van der Waals surface area contributed by atoms with Gasteiger partial charge in [0.25, 0.3) is 5.91 Å². The van der Waals surface area contributed by atoms with Crippen molar-refractivity contribution in [2.24, 2.45) is 0 Å². The number of urea groups is 1. The fourth-order valence-electron chi connectivity index (χ4n) is 2.15. The van der Waals surface area contributed by atoms with Crippen molar-refractivity contribution in [3.8, 4) is 0 Å². The van der Waals surface area contributed by atoms with Gasteiger partial charge in [-0.05, 0) is 29.8 Å². The highest BCUT2D eigenvalue weighted by Crippen LogP contribution is 2.14. The van der Waals surface area contributed by atoms with E-state index in [1.54, 1.807) is 30.5 Å². The molecule has 1 aromatic heterocycles. The van der Waals surface area contributed by atoms with Crippen LogP contribution in [0.4, 0.5) is 10.6 Å². The van der Waals surface area contributed by atoms with Gasteiger partial charge in [0.2, 0.25) is 0 Å². The summed E-state index contributed by atoms with van der Waals surface area (Å²) in [6.07, 6.45) is 1.70. The summed E-state index contributed by atoms with van der Waals surface area (Å²) >= 11 is 5.96. The zero-order valence-corrected chi connectivity index (χ0v) is 15.5. The third-order valence-electron chi connectivity index (χ3n) is 3.54. The fourth-order valence-corrected chi connectivity index (χ4v) is 2.37. The molecular weight excluding hydrogens is 354 g/mol. The van der Waals surface area contributed by atoms with Gasteiger partial charge in [0, 0.05) is 39.9 Å². The Hall–Kier alpha value is -2.80. The van der Waals surface area contributed by atoms with E-state index in [-0.39, 0.29) is 11.9 Å². The zero-order chi connectivity index (χ0) is 18.9. The van der Waals surface area contributed by atoms with Gasteiger partial charge in [-0.25, -0.2) is 9.78 Å². The molecule has 0 radical (unpaired) electrons. The number of aromatic nitrogens is 1. The maximum Gasteiger partial charge on any atom is 0.315 e. The molecule has 0 aliphatic rings. The van der Waals surface area contributed by atoms with Gasteiger partial charge in [0.1, 0.15) is 5.82 Å². The largest absolute Gasteiger partial charge is 0.363 e. The Kier molecular flexibility index (Phi) is 7.23. The molecule has 138 valence electrons. The number of carbonyl (C=O) groups excluding carboxylic acids is 2. The molecule has 0 aliphatic heterocycles. The number of hydrogen-bond acceptors (Lipinski definition) is 4. The smallest absolute Gasteiger partial charge is 0.315 e. The summed E-state index contributed by atoms with van der Waals surface area (Å²) in [5.41, 5.74) is 1.36. The highest BCUT2D eigenvalue weighted by atomic mass is 35.5. The van der Waals surface area contributed by atoms with Crippen molar-refractivity contribution in [3.63, 3.8) is 0 Å². The van der Waals surface area contributed by atoms with Gasteiger partial charge >= 0.3 is 6.03 Å². The van der Waals surface area contributed by atoms with Gasteiger partial charge in [-0.15, -0.1) is 0 Å². The maximum absolute atomic E-state index is 12.0. The average Bonchev–Trinajstić information content (AvgIpc) is 2.64. The number of nitrogens with one attached hydrogen (secondary N) is 3. The van der Waals surface area contributed by atoms with E-state index >= 15 is 0 Å². The summed E-state index contributed by atoms with van der Waals surface area (Å²) in [5, 5.41) is 8.55. The second-order valence-corrected chi connectivity index (χ2v) is 6.17. The van der Waals surface area contributed by atoms with E-state index in [2.05, 4.69) is 20.9 Å². The van der Waals surface area contributed by atoms with Crippen LogP contribution < -0.4 is 20.9 Å². The lowest BCUT2D eigenvalue weighted by molar-refractivity contribution is 0.0954. The Morgan fingerprint density at radius 3 is 2.54 bits per heavy atom. The lowest BCUT2D eigenvalue weighted by atomic mass is 10.2. The Morgan fingerprint density at radius 1 is 1.08 bits per heavy atom. The topological polar surface area (TPSA) is 86.4 Å². The first-order valence-electron chi connectivity index (χ1n) is 8.14. The number of rotatable bonds is 7. The first-order chi connectivity index (χ1) is 12.5. The average molecular weight is 376 g/mol. The lowest BCUT2D eigenvalue weighted by Gasteiger charge is -2.13. The van der Waals surface area contributed by atoms with Crippen molar-refractivity contribution in [1.82, 2.24) is 20.9 Å². The van der Waals surface area contributed by atoms with E-state index in [1.807, 2.05) is 31.1 Å². The molecule has 0 aliphatic carbocycles. The molecule has 3 amide bonds. The van der Waals surface area contributed by atoms with E-state index < -0.39 is 0 Å². The van der Waals surface area contributed by atoms with Crippen LogP contribution in [0.1, 0.15) is 15.9 Å². The predicted octanol–water partition coefficient (Wildman–Crippen LogP) is 2.03. The monoisotopic (exact) mass is 375 g/mol. The number of pyridine rings is 1. The SMILES string of the molecule is CN(C)c1cc(CNC(=O)NCCNC(=O)c2ccccc2Cl)ccn1. The van der Waals surface area contributed by atoms with E-state index in [4.69, 9.17) is 11.6 Å². The molecule has 2 aromatic rings. The molecule has 8 heteroatoms. The third-order valence-corrected chi connectivity index (χ3v) is 3.87. The van der Waals surface area contributed by atoms with Crippen LogP contribution >= 0.6 is 11.6 Å². The maximum atomic E-state index is 12.0. The van der Waals surface area contributed by atoms with Crippen LogP contribution in [0.15, 0.2) is 42.6 Å². The normalized spacial score (nSPS) is 10.1. The standard InChI is InChI=1S/C18H22ClN5O2/c1-24(2)16-11-13(7-8-20-16)12-23-18(26)22-10-9-21-17(25)14-5-3-4-6-15(14)19/h3-8,11H,9-10,12H2,1-2H3,(H,21,25)(H2,22,23,26). The molecule has 3 N–H and O–H groups in total. The number of halogens is 1. The van der Waals surface area contributed by atoms with Gasteiger partial charge in [0.15, 0.2) is 0 Å². The van der Waals surface area contributed by atoms with Gasteiger partial charge in [-0.2, -0.15) is 0 Å². The fraction of sp³-hybridized carbons (Fsp3) is 0.278. The molecule has 0 bridgehead atoms. The zero-order valence-electron chi connectivity index (χ0n) is 14.8. The predicted molar refractivity (Wildman–Crippen MR) is 103 cm³/mol. The molecule has 0 unspecified atom stereocenters. The summed E-state index contributed by atoms with van der Waals surface area (Å²) in [4.78, 5) is 29.9. The van der Waals surface area contributed by atoms with Crippen LogP contribution in [0.3, 0.4) is 0 Å². The molecule has 0 spiro atoms. The number of amides is 3. The number of anilines is 1. The van der Waals surface area contributed by atoms with E-state index in [9.17, 15) is 9.59 Å². The Morgan fingerprint density at radius 2 is 1.81 bits per heavy atom. The van der Waals surface area contributed by atoms with Crippen LogP contribution in [0.2, 0.25) is 5.02 Å². The van der Waals surface area contributed by atoms with E-state index in [1.165, 1.54) is 0 Å². The van der Waals surface area contributed by atoms with Crippen LogP contribution in [0.5, 0.6) is 0 Å². The van der Waals surface area contributed by atoms with Crippen LogP contribution in [0.25, 0.3) is 0 Å². The molecule has 2 rings (SSSR count). The van der Waals surface area contributed by atoms with Crippen LogP contribution in [-0.2, 0) is 6.54 Å². The highest BCUT2D eigenvalue weighted by molar-refractivity contribution is 6.33. The summed E-state index contributed by atoms with van der Waals surface area (Å²) in [7, 11) is 3.81. The van der Waals surface area contributed by atoms with Crippen molar-refractivity contribution in [1.29, 1.82) is 0 Å². The molecule has 26 heavy (non-hydrogen) atoms. The first kappa shape index (κ1) is 19.5. The Balaban J connectivity index is 1.68. The number of benzene rings is 1. The summed E-state index contributed by atoms with van der Waals surface area (Å²) in [6.45, 7) is 1.00. The Labute approximate surface area is 157 Å². The summed E-state index contributed by atoms with van der Waals surface area (Å²) in [6, 6.07) is 10.3. The van der Waals surface area contributed by atoms with Gasteiger partial charge in [0.05, 0.1) is 10.6 Å². The van der Waals surface area contributed by atoms with Gasteiger partial charge in [-0.1, -0.05) is 23.7 Å². The van der Waals surface area contributed by atoms with Crippen molar-refractivity contribution in [2.75, 3.05) is 32.1 Å². The van der Waals surface area contributed by atoms with Crippen molar-refractivity contribution in [3.05, 3.63) is 58.7 Å². The number of carbonyl (C=O) groups is 2. The first-order valence-corrected chi connectivity index (χ1v) is 8.52. The molecule has 0 saturated carbocycles. The quantitative estimate of drug-likeness (QED) is 0.646. The molecule has 1 heterocycles. The highest BCUT2D eigenvalue weighted by Gasteiger charge is 2.08. The number of hydrogen-bond donors (Lipinski definition) is 3. The number of nitrogens with zero attached hydrogens (tertiary/aromatic N) is 2. The van der Waals surface area contributed by atoms with E-state index in [0.717, 1.165) is 11.4 Å². The Bertz CT molecular complexity index is 767. The second kappa shape index (κ2) is 9.62. The second-order valence-electron chi connectivity index (χ2n) is 5.76. The van der Waals surface area contributed by atoms with Gasteiger partial charge in [-0.3, -0.25) is 4.79 Å². The summed E-state index contributed by atoms with van der Waals surface area (Å²) in [5.74, 6) is 0.554. The minimum Gasteiger partial charge on any atom is -0.363 e. The minimum absolute atomic E-state index is 0.272. The third kappa shape index (κ3) is 5.93. The molecule has 0 saturated heterocycles.